The molecule has 5 heteroatoms. The number of aromatic nitrogens is 3. The van der Waals surface area contributed by atoms with Crippen LogP contribution in [0.1, 0.15) is 19.2 Å². The van der Waals surface area contributed by atoms with Crippen molar-refractivity contribution in [2.24, 2.45) is 0 Å². The van der Waals surface area contributed by atoms with Crippen molar-refractivity contribution in [3.8, 4) is 0 Å². The van der Waals surface area contributed by atoms with Crippen molar-refractivity contribution in [1.29, 1.82) is 0 Å². The van der Waals surface area contributed by atoms with E-state index in [1.54, 1.807) is 0 Å². The van der Waals surface area contributed by atoms with Crippen molar-refractivity contribution in [3.05, 3.63) is 23.9 Å². The minimum atomic E-state index is -0.400. The van der Waals surface area contributed by atoms with Crippen LogP contribution in [0.2, 0.25) is 0 Å². The van der Waals surface area contributed by atoms with Crippen molar-refractivity contribution in [1.82, 2.24) is 14.6 Å². The number of hydrogen-bond donors (Lipinski definition) is 1. The summed E-state index contributed by atoms with van der Waals surface area (Å²) in [6, 6.07) is 1.25. The van der Waals surface area contributed by atoms with Crippen molar-refractivity contribution in [3.63, 3.8) is 0 Å². The molecule has 2 N–H and O–H groups in total. The van der Waals surface area contributed by atoms with Crippen LogP contribution >= 0.6 is 0 Å². The van der Waals surface area contributed by atoms with E-state index in [1.165, 1.54) is 16.8 Å². The van der Waals surface area contributed by atoms with Crippen LogP contribution in [0, 0.1) is 5.82 Å². The number of fused-ring (bicyclic) bond motifs is 1. The van der Waals surface area contributed by atoms with E-state index in [9.17, 15) is 4.39 Å². The second kappa shape index (κ2) is 3.25. The molecular formula is C9H11FN4. The Hall–Kier alpha value is -1.65. The molecule has 0 aliphatic heterocycles. The van der Waals surface area contributed by atoms with Gasteiger partial charge in [-0.2, -0.15) is 5.10 Å². The number of nitrogens with zero attached hydrogens (tertiary/aromatic N) is 3. The van der Waals surface area contributed by atoms with Crippen LogP contribution in [0.3, 0.4) is 0 Å². The first-order chi connectivity index (χ1) is 6.70. The summed E-state index contributed by atoms with van der Waals surface area (Å²) in [4.78, 5) is 4.20. The molecule has 0 unspecified atom stereocenters. The van der Waals surface area contributed by atoms with Gasteiger partial charge in [0.1, 0.15) is 5.82 Å². The number of nitrogen functional groups attached to an aromatic ring is 1. The summed E-state index contributed by atoms with van der Waals surface area (Å²) in [5.41, 5.74) is 6.45. The smallest absolute Gasteiger partial charge is 0.178 e. The van der Waals surface area contributed by atoms with Crippen LogP contribution in [0.4, 0.5) is 10.1 Å². The fourth-order valence-corrected chi connectivity index (χ4v) is 1.35. The Labute approximate surface area is 80.6 Å². The predicted molar refractivity (Wildman–Crippen MR) is 51.4 cm³/mol. The number of pyridine rings is 1. The molecule has 0 amide bonds. The van der Waals surface area contributed by atoms with Gasteiger partial charge in [-0.25, -0.2) is 13.9 Å². The van der Waals surface area contributed by atoms with E-state index in [-0.39, 0.29) is 0 Å². The maximum Gasteiger partial charge on any atom is 0.178 e. The molecule has 0 saturated heterocycles. The molecule has 2 heterocycles. The standard InChI is InChI=1S/C9H11FN4/c1-2-3-8-12-9-7(11)4-6(10)5-14(9)13-8/h4-5H,2-3,11H2,1H3. The van der Waals surface area contributed by atoms with Crippen molar-refractivity contribution < 1.29 is 4.39 Å². The Kier molecular flexibility index (Phi) is 2.07. The Bertz CT molecular complexity index is 463. The Morgan fingerprint density at radius 2 is 2.36 bits per heavy atom. The Morgan fingerprint density at radius 1 is 1.57 bits per heavy atom. The maximum absolute atomic E-state index is 12.9. The summed E-state index contributed by atoms with van der Waals surface area (Å²) in [6.07, 6.45) is 3.01. The van der Waals surface area contributed by atoms with Crippen molar-refractivity contribution in [2.75, 3.05) is 5.73 Å². The third-order valence-corrected chi connectivity index (χ3v) is 1.95. The topological polar surface area (TPSA) is 56.2 Å². The summed E-state index contributed by atoms with van der Waals surface area (Å²) in [5.74, 6) is 0.299. The van der Waals surface area contributed by atoms with Gasteiger partial charge in [0.15, 0.2) is 11.5 Å². The summed E-state index contributed by atoms with van der Waals surface area (Å²) >= 11 is 0. The minimum absolute atomic E-state index is 0.319. The van der Waals surface area contributed by atoms with Crippen molar-refractivity contribution >= 4 is 11.3 Å². The SMILES string of the molecule is CCCc1nc2c(N)cc(F)cn2n1. The van der Waals surface area contributed by atoms with Gasteiger partial charge in [0.25, 0.3) is 0 Å². The van der Waals surface area contributed by atoms with Gasteiger partial charge in [0, 0.05) is 12.5 Å². The average Bonchev–Trinajstić information content (AvgIpc) is 2.48. The highest BCUT2D eigenvalue weighted by molar-refractivity contribution is 5.63. The number of nitrogens with two attached hydrogens (primary N) is 1. The second-order valence-electron chi connectivity index (χ2n) is 3.16. The monoisotopic (exact) mass is 194 g/mol. The molecule has 4 nitrogen and oxygen atoms in total. The maximum atomic E-state index is 12.9. The third-order valence-electron chi connectivity index (χ3n) is 1.95. The van der Waals surface area contributed by atoms with E-state index < -0.39 is 5.82 Å². The minimum Gasteiger partial charge on any atom is -0.396 e. The van der Waals surface area contributed by atoms with Crippen LogP contribution in [-0.2, 0) is 6.42 Å². The van der Waals surface area contributed by atoms with E-state index in [0.29, 0.717) is 17.2 Å². The van der Waals surface area contributed by atoms with Crippen LogP contribution in [0.25, 0.3) is 5.65 Å². The van der Waals surface area contributed by atoms with Gasteiger partial charge in [-0.15, -0.1) is 0 Å². The van der Waals surface area contributed by atoms with Crippen LogP contribution in [0.5, 0.6) is 0 Å². The molecule has 0 spiro atoms. The molecule has 0 bridgehead atoms. The highest BCUT2D eigenvalue weighted by Crippen LogP contribution is 2.13. The molecule has 0 radical (unpaired) electrons. The Balaban J connectivity index is 2.58. The lowest BCUT2D eigenvalue weighted by Gasteiger charge is -1.95. The van der Waals surface area contributed by atoms with Gasteiger partial charge >= 0.3 is 0 Å². The highest BCUT2D eigenvalue weighted by atomic mass is 19.1. The molecule has 0 fully saturated rings. The van der Waals surface area contributed by atoms with Gasteiger partial charge in [0.2, 0.25) is 0 Å². The van der Waals surface area contributed by atoms with E-state index >= 15 is 0 Å². The molecule has 2 aromatic rings. The molecule has 14 heavy (non-hydrogen) atoms. The lowest BCUT2D eigenvalue weighted by Crippen LogP contribution is -1.95. The lowest BCUT2D eigenvalue weighted by atomic mass is 10.3. The fourth-order valence-electron chi connectivity index (χ4n) is 1.35. The van der Waals surface area contributed by atoms with E-state index in [1.807, 2.05) is 6.92 Å². The van der Waals surface area contributed by atoms with Crippen molar-refractivity contribution in [2.45, 2.75) is 19.8 Å². The number of aryl methyl sites for hydroxylation is 1. The number of rotatable bonds is 2. The molecule has 0 aliphatic carbocycles. The van der Waals surface area contributed by atoms with Crippen LogP contribution < -0.4 is 5.73 Å². The summed E-state index contributed by atoms with van der Waals surface area (Å²) < 4.78 is 14.3. The van der Waals surface area contributed by atoms with Gasteiger partial charge in [-0.05, 0) is 6.42 Å². The third kappa shape index (κ3) is 1.41. The van der Waals surface area contributed by atoms with Gasteiger partial charge < -0.3 is 5.73 Å². The zero-order chi connectivity index (χ0) is 10.1. The van der Waals surface area contributed by atoms with E-state index in [4.69, 9.17) is 5.73 Å². The molecule has 74 valence electrons. The summed E-state index contributed by atoms with van der Waals surface area (Å²) in [7, 11) is 0. The van der Waals surface area contributed by atoms with Crippen LogP contribution in [-0.4, -0.2) is 14.6 Å². The normalized spacial score (nSPS) is 11.0. The lowest BCUT2D eigenvalue weighted by molar-refractivity contribution is 0.614. The molecular weight excluding hydrogens is 183 g/mol. The zero-order valence-electron chi connectivity index (χ0n) is 7.87. The average molecular weight is 194 g/mol. The summed E-state index contributed by atoms with van der Waals surface area (Å²) in [5, 5.41) is 4.11. The number of anilines is 1. The first-order valence-corrected chi connectivity index (χ1v) is 4.51. The number of halogens is 1. The molecule has 0 aliphatic rings. The first kappa shape index (κ1) is 8.93. The zero-order valence-corrected chi connectivity index (χ0v) is 7.87. The molecule has 0 atom stereocenters. The highest BCUT2D eigenvalue weighted by Gasteiger charge is 2.07. The van der Waals surface area contributed by atoms with E-state index in [2.05, 4.69) is 10.1 Å². The molecule has 0 saturated carbocycles. The molecule has 2 rings (SSSR count). The first-order valence-electron chi connectivity index (χ1n) is 4.51. The summed E-state index contributed by atoms with van der Waals surface area (Å²) in [6.45, 7) is 2.04. The Morgan fingerprint density at radius 3 is 3.07 bits per heavy atom. The molecule has 2 aromatic heterocycles. The van der Waals surface area contributed by atoms with E-state index in [0.717, 1.165) is 12.8 Å². The van der Waals surface area contributed by atoms with Gasteiger partial charge in [-0.1, -0.05) is 6.92 Å². The molecule has 0 aromatic carbocycles. The number of hydrogen-bond acceptors (Lipinski definition) is 3. The van der Waals surface area contributed by atoms with Crippen LogP contribution in [0.15, 0.2) is 12.3 Å². The quantitative estimate of drug-likeness (QED) is 0.786. The van der Waals surface area contributed by atoms with Gasteiger partial charge in [0.05, 0.1) is 11.9 Å². The van der Waals surface area contributed by atoms with Gasteiger partial charge in [-0.3, -0.25) is 0 Å². The predicted octanol–water partition coefficient (Wildman–Crippen LogP) is 1.40. The largest absolute Gasteiger partial charge is 0.396 e. The second-order valence-corrected chi connectivity index (χ2v) is 3.16. The fraction of sp³-hybridized carbons (Fsp3) is 0.333.